The Hall–Kier alpha value is -2.80. The van der Waals surface area contributed by atoms with Crippen LogP contribution in [0.3, 0.4) is 0 Å². The molecule has 2 amide bonds. The van der Waals surface area contributed by atoms with E-state index in [0.29, 0.717) is 38.4 Å². The van der Waals surface area contributed by atoms with E-state index in [4.69, 9.17) is 0 Å². The van der Waals surface area contributed by atoms with Gasteiger partial charge in [0, 0.05) is 38.1 Å². The van der Waals surface area contributed by atoms with Crippen LogP contribution in [0.25, 0.3) is 0 Å². The quantitative estimate of drug-likeness (QED) is 0.871. The van der Waals surface area contributed by atoms with Crippen molar-refractivity contribution < 1.29 is 9.59 Å². The minimum atomic E-state index is -0.108. The molecule has 0 saturated carbocycles. The summed E-state index contributed by atoms with van der Waals surface area (Å²) in [5, 5.41) is 2.99. The standard InChI is InChI=1S/C20H25N5O2/c1-3-16-6-4-5-7-17(16)23-19(26)14-24-8-10-25(11-9-24)20(27)18-13-21-15(2)12-22-18/h4-7,12-13H,3,8-11,14H2,1-2H3,(H,23,26). The van der Waals surface area contributed by atoms with Crippen molar-refractivity contribution in [3.05, 3.63) is 53.6 Å². The number of nitrogens with one attached hydrogen (secondary N) is 1. The number of benzene rings is 1. The van der Waals surface area contributed by atoms with Crippen LogP contribution in [0.4, 0.5) is 5.69 Å². The molecule has 7 nitrogen and oxygen atoms in total. The number of aryl methyl sites for hydroxylation is 2. The fourth-order valence-electron chi connectivity index (χ4n) is 3.12. The number of piperazine rings is 1. The molecule has 142 valence electrons. The average molecular weight is 367 g/mol. The maximum absolute atomic E-state index is 12.5. The molecule has 0 atom stereocenters. The van der Waals surface area contributed by atoms with Gasteiger partial charge in [-0.25, -0.2) is 4.98 Å². The van der Waals surface area contributed by atoms with E-state index in [2.05, 4.69) is 27.1 Å². The Labute approximate surface area is 159 Å². The van der Waals surface area contributed by atoms with Gasteiger partial charge < -0.3 is 10.2 Å². The second-order valence-electron chi connectivity index (χ2n) is 6.67. The molecule has 1 saturated heterocycles. The van der Waals surface area contributed by atoms with Crippen LogP contribution in [0.15, 0.2) is 36.7 Å². The Morgan fingerprint density at radius 1 is 1.07 bits per heavy atom. The first-order valence-electron chi connectivity index (χ1n) is 9.25. The van der Waals surface area contributed by atoms with Crippen LogP contribution < -0.4 is 5.32 Å². The first kappa shape index (κ1) is 19.0. The number of carbonyl (C=O) groups excluding carboxylic acids is 2. The van der Waals surface area contributed by atoms with E-state index in [1.165, 1.54) is 6.20 Å². The summed E-state index contributed by atoms with van der Waals surface area (Å²) in [6, 6.07) is 7.85. The van der Waals surface area contributed by atoms with Crippen LogP contribution in [0.5, 0.6) is 0 Å². The summed E-state index contributed by atoms with van der Waals surface area (Å²) in [5.41, 5.74) is 3.15. The van der Waals surface area contributed by atoms with Crippen LogP contribution >= 0.6 is 0 Å². The maximum atomic E-state index is 12.5. The molecule has 0 unspecified atom stereocenters. The van der Waals surface area contributed by atoms with Crippen molar-refractivity contribution in [1.82, 2.24) is 19.8 Å². The van der Waals surface area contributed by atoms with Crippen molar-refractivity contribution >= 4 is 17.5 Å². The van der Waals surface area contributed by atoms with Gasteiger partial charge in [0.1, 0.15) is 5.69 Å². The highest BCUT2D eigenvalue weighted by atomic mass is 16.2. The molecule has 7 heteroatoms. The molecule has 0 aliphatic carbocycles. The third kappa shape index (κ3) is 4.89. The Morgan fingerprint density at radius 3 is 2.48 bits per heavy atom. The number of nitrogens with zero attached hydrogens (tertiary/aromatic N) is 4. The topological polar surface area (TPSA) is 78.4 Å². The Kier molecular flexibility index (Phi) is 6.13. The molecule has 0 radical (unpaired) electrons. The summed E-state index contributed by atoms with van der Waals surface area (Å²) in [4.78, 5) is 37.0. The lowest BCUT2D eigenvalue weighted by Crippen LogP contribution is -2.50. The smallest absolute Gasteiger partial charge is 0.274 e. The van der Waals surface area contributed by atoms with Gasteiger partial charge in [0.05, 0.1) is 18.4 Å². The molecular weight excluding hydrogens is 342 g/mol. The summed E-state index contributed by atoms with van der Waals surface area (Å²) in [7, 11) is 0. The van der Waals surface area contributed by atoms with Gasteiger partial charge in [-0.15, -0.1) is 0 Å². The minimum absolute atomic E-state index is 0.0277. The molecule has 0 spiro atoms. The van der Waals surface area contributed by atoms with E-state index in [1.807, 2.05) is 31.2 Å². The van der Waals surface area contributed by atoms with Crippen molar-refractivity contribution in [2.75, 3.05) is 38.0 Å². The molecule has 27 heavy (non-hydrogen) atoms. The highest BCUT2D eigenvalue weighted by molar-refractivity contribution is 5.93. The number of rotatable bonds is 5. The predicted octanol–water partition coefficient (Wildman–Crippen LogP) is 1.74. The minimum Gasteiger partial charge on any atom is -0.335 e. The molecule has 1 N–H and O–H groups in total. The summed E-state index contributed by atoms with van der Waals surface area (Å²) in [5.74, 6) is -0.136. The Bertz CT molecular complexity index is 798. The van der Waals surface area contributed by atoms with Crippen molar-refractivity contribution in [2.45, 2.75) is 20.3 Å². The van der Waals surface area contributed by atoms with Gasteiger partial charge >= 0.3 is 0 Å². The number of carbonyl (C=O) groups is 2. The van der Waals surface area contributed by atoms with E-state index in [0.717, 1.165) is 23.4 Å². The van der Waals surface area contributed by atoms with Crippen molar-refractivity contribution in [2.24, 2.45) is 0 Å². The third-order valence-corrected chi connectivity index (χ3v) is 4.70. The molecule has 1 fully saturated rings. The fourth-order valence-corrected chi connectivity index (χ4v) is 3.12. The number of hydrogen-bond donors (Lipinski definition) is 1. The lowest BCUT2D eigenvalue weighted by atomic mass is 10.1. The maximum Gasteiger partial charge on any atom is 0.274 e. The Morgan fingerprint density at radius 2 is 1.81 bits per heavy atom. The third-order valence-electron chi connectivity index (χ3n) is 4.70. The largest absolute Gasteiger partial charge is 0.335 e. The first-order chi connectivity index (χ1) is 13.1. The molecule has 2 heterocycles. The van der Waals surface area contributed by atoms with Crippen LogP contribution in [-0.2, 0) is 11.2 Å². The summed E-state index contributed by atoms with van der Waals surface area (Å²) < 4.78 is 0. The number of para-hydroxylation sites is 1. The molecule has 1 aromatic heterocycles. The van der Waals surface area contributed by atoms with E-state index < -0.39 is 0 Å². The van der Waals surface area contributed by atoms with Gasteiger partial charge in [0.2, 0.25) is 5.91 Å². The molecule has 1 aliphatic rings. The summed E-state index contributed by atoms with van der Waals surface area (Å²) >= 11 is 0. The fraction of sp³-hybridized carbons (Fsp3) is 0.400. The van der Waals surface area contributed by atoms with Gasteiger partial charge in [0.15, 0.2) is 0 Å². The number of hydrogen-bond acceptors (Lipinski definition) is 5. The van der Waals surface area contributed by atoms with Crippen LogP contribution in [0.1, 0.15) is 28.7 Å². The zero-order valence-corrected chi connectivity index (χ0v) is 15.8. The lowest BCUT2D eigenvalue weighted by Gasteiger charge is -2.34. The Balaban J connectivity index is 1.49. The number of aromatic nitrogens is 2. The predicted molar refractivity (Wildman–Crippen MR) is 104 cm³/mol. The van der Waals surface area contributed by atoms with Gasteiger partial charge in [-0.3, -0.25) is 19.5 Å². The second kappa shape index (κ2) is 8.73. The van der Waals surface area contributed by atoms with Gasteiger partial charge in [0.25, 0.3) is 5.91 Å². The van der Waals surface area contributed by atoms with E-state index in [9.17, 15) is 9.59 Å². The van der Waals surface area contributed by atoms with Gasteiger partial charge in [-0.1, -0.05) is 25.1 Å². The number of anilines is 1. The van der Waals surface area contributed by atoms with E-state index in [1.54, 1.807) is 11.1 Å². The average Bonchev–Trinajstić information content (AvgIpc) is 2.69. The highest BCUT2D eigenvalue weighted by Crippen LogP contribution is 2.15. The molecule has 2 aromatic rings. The SMILES string of the molecule is CCc1ccccc1NC(=O)CN1CCN(C(=O)c2cnc(C)cn2)CC1. The monoisotopic (exact) mass is 367 g/mol. The normalized spacial score (nSPS) is 14.8. The molecular formula is C20H25N5O2. The van der Waals surface area contributed by atoms with Crippen LogP contribution in [0.2, 0.25) is 0 Å². The first-order valence-corrected chi connectivity index (χ1v) is 9.25. The van der Waals surface area contributed by atoms with Gasteiger partial charge in [-0.2, -0.15) is 0 Å². The molecule has 1 aromatic carbocycles. The van der Waals surface area contributed by atoms with Crippen molar-refractivity contribution in [1.29, 1.82) is 0 Å². The number of amides is 2. The van der Waals surface area contributed by atoms with Crippen molar-refractivity contribution in [3.63, 3.8) is 0 Å². The lowest BCUT2D eigenvalue weighted by molar-refractivity contribution is -0.117. The molecule has 0 bridgehead atoms. The summed E-state index contributed by atoms with van der Waals surface area (Å²) in [6.07, 6.45) is 3.99. The highest BCUT2D eigenvalue weighted by Gasteiger charge is 2.24. The van der Waals surface area contributed by atoms with E-state index in [-0.39, 0.29) is 11.8 Å². The zero-order chi connectivity index (χ0) is 19.2. The molecule has 3 rings (SSSR count). The molecule has 1 aliphatic heterocycles. The van der Waals surface area contributed by atoms with Crippen LogP contribution in [-0.4, -0.2) is 64.3 Å². The zero-order valence-electron chi connectivity index (χ0n) is 15.8. The van der Waals surface area contributed by atoms with Crippen molar-refractivity contribution in [3.8, 4) is 0 Å². The van der Waals surface area contributed by atoms with Crippen LogP contribution in [0, 0.1) is 6.92 Å². The second-order valence-corrected chi connectivity index (χ2v) is 6.67. The van der Waals surface area contributed by atoms with Gasteiger partial charge in [-0.05, 0) is 25.0 Å². The summed E-state index contributed by atoms with van der Waals surface area (Å²) in [6.45, 7) is 6.70. The van der Waals surface area contributed by atoms with E-state index >= 15 is 0 Å².